The molecule has 1 aliphatic heterocycles. The van der Waals surface area contributed by atoms with Gasteiger partial charge in [0.2, 0.25) is 10.0 Å². The van der Waals surface area contributed by atoms with Gasteiger partial charge in [-0.05, 0) is 56.8 Å². The first-order valence-electron chi connectivity index (χ1n) is 7.78. The van der Waals surface area contributed by atoms with Crippen LogP contribution >= 0.6 is 0 Å². The molecule has 0 saturated carbocycles. The van der Waals surface area contributed by atoms with Gasteiger partial charge in [0.25, 0.3) is 0 Å². The number of nitrogens with one attached hydrogen (secondary N) is 1. The van der Waals surface area contributed by atoms with Crippen molar-refractivity contribution in [2.45, 2.75) is 32.1 Å². The van der Waals surface area contributed by atoms with Gasteiger partial charge in [-0.3, -0.25) is 0 Å². The van der Waals surface area contributed by atoms with E-state index in [0.717, 1.165) is 25.8 Å². The van der Waals surface area contributed by atoms with Crippen LogP contribution in [0.1, 0.15) is 36.8 Å². The molecule has 0 bridgehead atoms. The molecule has 1 N–H and O–H groups in total. The zero-order valence-corrected chi connectivity index (χ0v) is 13.8. The largest absolute Gasteiger partial charge is 0.319 e. The highest BCUT2D eigenvalue weighted by molar-refractivity contribution is 7.89. The monoisotopic (exact) mass is 310 g/mol. The molecular formula is C16H26N2O2S. The molecule has 4 nitrogen and oxygen atoms in total. The van der Waals surface area contributed by atoms with E-state index in [1.165, 1.54) is 11.1 Å². The van der Waals surface area contributed by atoms with Crippen LogP contribution in [0, 0.1) is 0 Å². The Hall–Kier alpha value is -0.910. The second kappa shape index (κ2) is 7.38. The van der Waals surface area contributed by atoms with Crippen molar-refractivity contribution in [2.75, 3.05) is 32.4 Å². The van der Waals surface area contributed by atoms with Crippen LogP contribution in [-0.4, -0.2) is 45.2 Å². The summed E-state index contributed by atoms with van der Waals surface area (Å²) in [5.74, 6) is 0.694. The summed E-state index contributed by atoms with van der Waals surface area (Å²) in [4.78, 5) is 0. The standard InChI is InChI=1S/C16H26N2O2S/c1-3-21(19,20)18-11-8-15(9-12-18)16-6-4-5-14(13-16)7-10-17-2/h4-6,13,15,17H,3,7-12H2,1-2H3. The van der Waals surface area contributed by atoms with Crippen LogP contribution in [0.15, 0.2) is 24.3 Å². The molecule has 0 aliphatic carbocycles. The highest BCUT2D eigenvalue weighted by Gasteiger charge is 2.27. The van der Waals surface area contributed by atoms with E-state index < -0.39 is 10.0 Å². The molecule has 0 spiro atoms. The SMILES string of the molecule is CCS(=O)(=O)N1CCC(c2cccc(CCNC)c2)CC1. The fourth-order valence-electron chi connectivity index (χ4n) is 2.92. The van der Waals surface area contributed by atoms with Crippen LogP contribution in [0.4, 0.5) is 0 Å². The number of benzene rings is 1. The van der Waals surface area contributed by atoms with E-state index in [1.54, 1.807) is 11.2 Å². The molecule has 0 radical (unpaired) electrons. The molecule has 1 aliphatic rings. The molecule has 0 unspecified atom stereocenters. The smallest absolute Gasteiger partial charge is 0.213 e. The Bertz CT molecular complexity index is 549. The Morgan fingerprint density at radius 1 is 1.29 bits per heavy atom. The van der Waals surface area contributed by atoms with Crippen LogP contribution < -0.4 is 5.32 Å². The maximum atomic E-state index is 11.9. The quantitative estimate of drug-likeness (QED) is 0.874. The minimum atomic E-state index is -3.02. The van der Waals surface area contributed by atoms with Gasteiger partial charge in [0, 0.05) is 13.1 Å². The molecule has 0 amide bonds. The van der Waals surface area contributed by atoms with E-state index in [2.05, 4.69) is 29.6 Å². The Kier molecular flexibility index (Phi) is 5.79. The van der Waals surface area contributed by atoms with Crippen molar-refractivity contribution in [3.8, 4) is 0 Å². The molecule has 1 fully saturated rings. The summed E-state index contributed by atoms with van der Waals surface area (Å²) < 4.78 is 25.4. The second-order valence-corrected chi connectivity index (χ2v) is 7.93. The lowest BCUT2D eigenvalue weighted by molar-refractivity contribution is 0.320. The molecule has 0 aromatic heterocycles. The highest BCUT2D eigenvalue weighted by Crippen LogP contribution is 2.29. The zero-order chi connectivity index (χ0) is 15.3. The first-order chi connectivity index (χ1) is 10.1. The predicted molar refractivity (Wildman–Crippen MR) is 87.1 cm³/mol. The Morgan fingerprint density at radius 2 is 2.00 bits per heavy atom. The minimum absolute atomic E-state index is 0.206. The molecule has 1 aromatic rings. The lowest BCUT2D eigenvalue weighted by atomic mass is 9.89. The summed E-state index contributed by atoms with van der Waals surface area (Å²) >= 11 is 0. The summed E-state index contributed by atoms with van der Waals surface area (Å²) in [6.07, 6.45) is 2.89. The number of rotatable bonds is 6. The van der Waals surface area contributed by atoms with E-state index in [9.17, 15) is 8.42 Å². The first kappa shape index (κ1) is 16.5. The topological polar surface area (TPSA) is 49.4 Å². The number of sulfonamides is 1. The van der Waals surface area contributed by atoms with Crippen LogP contribution in [-0.2, 0) is 16.4 Å². The zero-order valence-electron chi connectivity index (χ0n) is 13.0. The van der Waals surface area contributed by atoms with Crippen LogP contribution in [0.2, 0.25) is 0 Å². The lowest BCUT2D eigenvalue weighted by Gasteiger charge is -2.31. The molecule has 21 heavy (non-hydrogen) atoms. The summed E-state index contributed by atoms with van der Waals surface area (Å²) in [7, 11) is -1.06. The third-order valence-corrected chi connectivity index (χ3v) is 6.18. The molecule has 118 valence electrons. The summed E-state index contributed by atoms with van der Waals surface area (Å²) in [5.41, 5.74) is 2.71. The van der Waals surface area contributed by atoms with E-state index >= 15 is 0 Å². The van der Waals surface area contributed by atoms with Crippen LogP contribution in [0.25, 0.3) is 0 Å². The van der Waals surface area contributed by atoms with Crippen molar-refractivity contribution in [1.82, 2.24) is 9.62 Å². The summed E-state index contributed by atoms with van der Waals surface area (Å²) in [6.45, 7) is 4.01. The summed E-state index contributed by atoms with van der Waals surface area (Å²) in [5, 5.41) is 3.17. The van der Waals surface area contributed by atoms with Crippen molar-refractivity contribution in [3.63, 3.8) is 0 Å². The van der Waals surface area contributed by atoms with Gasteiger partial charge in [0.1, 0.15) is 0 Å². The lowest BCUT2D eigenvalue weighted by Crippen LogP contribution is -2.38. The van der Waals surface area contributed by atoms with Gasteiger partial charge < -0.3 is 5.32 Å². The van der Waals surface area contributed by atoms with Gasteiger partial charge in [0.05, 0.1) is 5.75 Å². The summed E-state index contributed by atoms with van der Waals surface area (Å²) in [6, 6.07) is 8.75. The number of hydrogen-bond acceptors (Lipinski definition) is 3. The van der Waals surface area contributed by atoms with E-state index in [4.69, 9.17) is 0 Å². The Balaban J connectivity index is 1.99. The predicted octanol–water partition coefficient (Wildman–Crippen LogP) is 1.98. The maximum Gasteiger partial charge on any atom is 0.213 e. The minimum Gasteiger partial charge on any atom is -0.319 e. The number of hydrogen-bond donors (Lipinski definition) is 1. The fourth-order valence-corrected chi connectivity index (χ4v) is 4.05. The van der Waals surface area contributed by atoms with E-state index in [1.807, 2.05) is 7.05 Å². The van der Waals surface area contributed by atoms with Crippen molar-refractivity contribution in [1.29, 1.82) is 0 Å². The number of piperidine rings is 1. The third-order valence-electron chi connectivity index (χ3n) is 4.30. The number of nitrogens with zero attached hydrogens (tertiary/aromatic N) is 1. The van der Waals surface area contributed by atoms with Gasteiger partial charge in [0.15, 0.2) is 0 Å². The van der Waals surface area contributed by atoms with Gasteiger partial charge in [-0.2, -0.15) is 0 Å². The van der Waals surface area contributed by atoms with Gasteiger partial charge >= 0.3 is 0 Å². The molecular weight excluding hydrogens is 284 g/mol. The van der Waals surface area contributed by atoms with Crippen molar-refractivity contribution < 1.29 is 8.42 Å². The van der Waals surface area contributed by atoms with Gasteiger partial charge in [-0.15, -0.1) is 0 Å². The normalized spacial score (nSPS) is 18.0. The van der Waals surface area contributed by atoms with Crippen molar-refractivity contribution in [2.24, 2.45) is 0 Å². The third kappa shape index (κ3) is 4.28. The van der Waals surface area contributed by atoms with Crippen molar-refractivity contribution >= 4 is 10.0 Å². The van der Waals surface area contributed by atoms with E-state index in [0.29, 0.717) is 19.0 Å². The average Bonchev–Trinajstić information content (AvgIpc) is 2.53. The fraction of sp³-hybridized carbons (Fsp3) is 0.625. The Labute approximate surface area is 128 Å². The Morgan fingerprint density at radius 3 is 2.62 bits per heavy atom. The first-order valence-corrected chi connectivity index (χ1v) is 9.39. The molecule has 1 aromatic carbocycles. The average molecular weight is 310 g/mol. The van der Waals surface area contributed by atoms with Crippen LogP contribution in [0.3, 0.4) is 0 Å². The molecule has 2 rings (SSSR count). The van der Waals surface area contributed by atoms with Crippen molar-refractivity contribution in [3.05, 3.63) is 35.4 Å². The van der Waals surface area contributed by atoms with Gasteiger partial charge in [-0.1, -0.05) is 24.3 Å². The number of likely N-dealkylation sites (N-methyl/N-ethyl adjacent to an activating group) is 1. The molecule has 0 atom stereocenters. The maximum absolute atomic E-state index is 11.9. The molecule has 5 heteroatoms. The molecule has 1 saturated heterocycles. The van der Waals surface area contributed by atoms with Gasteiger partial charge in [-0.25, -0.2) is 12.7 Å². The van der Waals surface area contributed by atoms with E-state index in [-0.39, 0.29) is 5.75 Å². The second-order valence-electron chi connectivity index (χ2n) is 5.67. The molecule has 1 heterocycles. The van der Waals surface area contributed by atoms with Crippen LogP contribution in [0.5, 0.6) is 0 Å². The highest BCUT2D eigenvalue weighted by atomic mass is 32.2.